The van der Waals surface area contributed by atoms with Crippen molar-refractivity contribution in [3.63, 3.8) is 0 Å². The summed E-state index contributed by atoms with van der Waals surface area (Å²) in [5, 5.41) is 3.03. The highest BCUT2D eigenvalue weighted by Crippen LogP contribution is 2.27. The molecule has 5 nitrogen and oxygen atoms in total. The van der Waals surface area contributed by atoms with Gasteiger partial charge in [0.2, 0.25) is 15.9 Å². The standard InChI is InChI=1S/C22H28N2O3S/c1-15-7-9-20(10-8-15)28(26,27)24-11-5-6-19(14-24)22(25)23-21-17(3)12-16(2)13-18(21)4/h7-10,12-13,19H,5-6,11,14H2,1-4H3,(H,23,25). The van der Waals surface area contributed by atoms with E-state index >= 15 is 0 Å². The third kappa shape index (κ3) is 4.28. The van der Waals surface area contributed by atoms with Crippen LogP contribution in [-0.2, 0) is 14.8 Å². The molecule has 0 spiro atoms. The molecular formula is C22H28N2O3S. The van der Waals surface area contributed by atoms with Crippen LogP contribution in [0.2, 0.25) is 0 Å². The Labute approximate surface area is 167 Å². The number of anilines is 1. The summed E-state index contributed by atoms with van der Waals surface area (Å²) in [6, 6.07) is 10.9. The lowest BCUT2D eigenvalue weighted by Gasteiger charge is -2.31. The van der Waals surface area contributed by atoms with Gasteiger partial charge in [0, 0.05) is 18.8 Å². The van der Waals surface area contributed by atoms with E-state index in [1.54, 1.807) is 24.3 Å². The predicted molar refractivity (Wildman–Crippen MR) is 112 cm³/mol. The Kier molecular flexibility index (Phi) is 5.91. The maximum atomic E-state index is 13.0. The van der Waals surface area contributed by atoms with Crippen molar-refractivity contribution >= 4 is 21.6 Å². The molecule has 1 saturated heterocycles. The number of carbonyl (C=O) groups excluding carboxylic acids is 1. The SMILES string of the molecule is Cc1ccc(S(=O)(=O)N2CCCC(C(=O)Nc3c(C)cc(C)cc3C)C2)cc1. The Balaban J connectivity index is 1.76. The number of aryl methyl sites for hydroxylation is 4. The molecule has 2 aromatic rings. The van der Waals surface area contributed by atoms with Gasteiger partial charge in [-0.25, -0.2) is 8.42 Å². The van der Waals surface area contributed by atoms with Crippen LogP contribution in [0.3, 0.4) is 0 Å². The molecule has 1 heterocycles. The lowest BCUT2D eigenvalue weighted by Crippen LogP contribution is -2.43. The van der Waals surface area contributed by atoms with Crippen molar-refractivity contribution < 1.29 is 13.2 Å². The van der Waals surface area contributed by atoms with E-state index in [0.29, 0.717) is 19.4 Å². The summed E-state index contributed by atoms with van der Waals surface area (Å²) in [4.78, 5) is 13.2. The third-order valence-corrected chi connectivity index (χ3v) is 7.22. The van der Waals surface area contributed by atoms with Crippen LogP contribution in [0, 0.1) is 33.6 Å². The second kappa shape index (κ2) is 8.05. The molecule has 1 aliphatic rings. The third-order valence-electron chi connectivity index (χ3n) is 5.34. The molecule has 1 unspecified atom stereocenters. The average Bonchev–Trinajstić information content (AvgIpc) is 2.65. The second-order valence-electron chi connectivity index (χ2n) is 7.78. The molecule has 0 aromatic heterocycles. The summed E-state index contributed by atoms with van der Waals surface area (Å²) in [7, 11) is -3.59. The molecule has 1 N–H and O–H groups in total. The van der Waals surface area contributed by atoms with E-state index in [1.807, 2.05) is 39.8 Å². The van der Waals surface area contributed by atoms with Crippen molar-refractivity contribution in [3.8, 4) is 0 Å². The van der Waals surface area contributed by atoms with E-state index in [-0.39, 0.29) is 23.3 Å². The van der Waals surface area contributed by atoms with Crippen LogP contribution >= 0.6 is 0 Å². The van der Waals surface area contributed by atoms with Gasteiger partial charge in [0.05, 0.1) is 10.8 Å². The van der Waals surface area contributed by atoms with E-state index in [1.165, 1.54) is 4.31 Å². The molecule has 0 aliphatic carbocycles. The van der Waals surface area contributed by atoms with Gasteiger partial charge in [0.25, 0.3) is 0 Å². The monoisotopic (exact) mass is 400 g/mol. The minimum atomic E-state index is -3.59. The summed E-state index contributed by atoms with van der Waals surface area (Å²) in [6.07, 6.45) is 1.37. The van der Waals surface area contributed by atoms with Crippen LogP contribution in [0.5, 0.6) is 0 Å². The number of rotatable bonds is 4. The first-order chi connectivity index (χ1) is 13.2. The summed E-state index contributed by atoms with van der Waals surface area (Å²) < 4.78 is 27.4. The quantitative estimate of drug-likeness (QED) is 0.845. The molecule has 6 heteroatoms. The minimum Gasteiger partial charge on any atom is -0.325 e. The molecule has 0 bridgehead atoms. The fraction of sp³-hybridized carbons (Fsp3) is 0.409. The molecule has 0 saturated carbocycles. The largest absolute Gasteiger partial charge is 0.325 e. The first-order valence-electron chi connectivity index (χ1n) is 9.64. The normalized spacial score (nSPS) is 18.1. The Morgan fingerprint density at radius 1 is 1.00 bits per heavy atom. The summed E-state index contributed by atoms with van der Waals surface area (Å²) in [5.74, 6) is -0.465. The number of nitrogens with zero attached hydrogens (tertiary/aromatic N) is 1. The van der Waals surface area contributed by atoms with Gasteiger partial charge in [-0.05, 0) is 63.8 Å². The van der Waals surface area contributed by atoms with Crippen LogP contribution in [0.4, 0.5) is 5.69 Å². The van der Waals surface area contributed by atoms with Crippen molar-refractivity contribution in [1.82, 2.24) is 4.31 Å². The Morgan fingerprint density at radius 2 is 1.61 bits per heavy atom. The number of hydrogen-bond acceptors (Lipinski definition) is 3. The number of hydrogen-bond donors (Lipinski definition) is 1. The molecule has 1 fully saturated rings. The number of piperidine rings is 1. The van der Waals surface area contributed by atoms with Crippen LogP contribution in [0.25, 0.3) is 0 Å². The lowest BCUT2D eigenvalue weighted by atomic mass is 9.98. The van der Waals surface area contributed by atoms with Gasteiger partial charge in [-0.15, -0.1) is 0 Å². The Hall–Kier alpha value is -2.18. The summed E-state index contributed by atoms with van der Waals surface area (Å²) in [5.41, 5.74) is 5.03. The van der Waals surface area contributed by atoms with Crippen molar-refractivity contribution in [3.05, 3.63) is 58.7 Å². The van der Waals surface area contributed by atoms with E-state index in [9.17, 15) is 13.2 Å². The Bertz CT molecular complexity index is 958. The number of amides is 1. The van der Waals surface area contributed by atoms with Gasteiger partial charge in [0.1, 0.15) is 0 Å². The maximum Gasteiger partial charge on any atom is 0.243 e. The molecule has 3 rings (SSSR count). The van der Waals surface area contributed by atoms with E-state index in [4.69, 9.17) is 0 Å². The second-order valence-corrected chi connectivity index (χ2v) is 9.72. The van der Waals surface area contributed by atoms with E-state index < -0.39 is 10.0 Å². The van der Waals surface area contributed by atoms with Crippen molar-refractivity contribution in [2.24, 2.45) is 5.92 Å². The van der Waals surface area contributed by atoms with Gasteiger partial charge < -0.3 is 5.32 Å². The average molecular weight is 401 g/mol. The molecule has 28 heavy (non-hydrogen) atoms. The smallest absolute Gasteiger partial charge is 0.243 e. The molecule has 2 aromatic carbocycles. The van der Waals surface area contributed by atoms with Gasteiger partial charge in [-0.3, -0.25) is 4.79 Å². The molecule has 0 radical (unpaired) electrons. The van der Waals surface area contributed by atoms with Crippen molar-refractivity contribution in [2.45, 2.75) is 45.4 Å². The van der Waals surface area contributed by atoms with Gasteiger partial charge in [-0.1, -0.05) is 35.4 Å². The minimum absolute atomic E-state index is 0.112. The van der Waals surface area contributed by atoms with Crippen LogP contribution < -0.4 is 5.32 Å². The number of carbonyl (C=O) groups is 1. The molecular weight excluding hydrogens is 372 g/mol. The summed E-state index contributed by atoms with van der Waals surface area (Å²) >= 11 is 0. The fourth-order valence-electron chi connectivity index (χ4n) is 3.84. The van der Waals surface area contributed by atoms with Crippen LogP contribution in [0.1, 0.15) is 35.1 Å². The van der Waals surface area contributed by atoms with E-state index in [2.05, 4.69) is 5.32 Å². The number of benzene rings is 2. The lowest BCUT2D eigenvalue weighted by molar-refractivity contribution is -0.120. The van der Waals surface area contributed by atoms with E-state index in [0.717, 1.165) is 27.9 Å². The van der Waals surface area contributed by atoms with Crippen molar-refractivity contribution in [1.29, 1.82) is 0 Å². The van der Waals surface area contributed by atoms with Gasteiger partial charge in [0.15, 0.2) is 0 Å². The number of nitrogens with one attached hydrogen (secondary N) is 1. The molecule has 150 valence electrons. The van der Waals surface area contributed by atoms with Crippen molar-refractivity contribution in [2.75, 3.05) is 18.4 Å². The summed E-state index contributed by atoms with van der Waals surface area (Å²) in [6.45, 7) is 8.57. The zero-order valence-corrected chi connectivity index (χ0v) is 17.8. The van der Waals surface area contributed by atoms with Crippen LogP contribution in [-0.4, -0.2) is 31.7 Å². The molecule has 1 aliphatic heterocycles. The zero-order valence-electron chi connectivity index (χ0n) is 17.0. The first-order valence-corrected chi connectivity index (χ1v) is 11.1. The zero-order chi connectivity index (χ0) is 20.5. The number of sulfonamides is 1. The molecule has 1 atom stereocenters. The van der Waals surface area contributed by atoms with Gasteiger partial charge in [-0.2, -0.15) is 4.31 Å². The predicted octanol–water partition coefficient (Wildman–Crippen LogP) is 3.96. The van der Waals surface area contributed by atoms with Gasteiger partial charge >= 0.3 is 0 Å². The molecule has 1 amide bonds. The Morgan fingerprint density at radius 3 is 2.21 bits per heavy atom. The highest BCUT2D eigenvalue weighted by atomic mass is 32.2. The maximum absolute atomic E-state index is 13.0. The highest BCUT2D eigenvalue weighted by molar-refractivity contribution is 7.89. The highest BCUT2D eigenvalue weighted by Gasteiger charge is 2.33. The first kappa shape index (κ1) is 20.6. The van der Waals surface area contributed by atoms with Crippen LogP contribution in [0.15, 0.2) is 41.3 Å². The fourth-order valence-corrected chi connectivity index (χ4v) is 5.36. The topological polar surface area (TPSA) is 66.5 Å².